The van der Waals surface area contributed by atoms with Crippen molar-refractivity contribution in [1.29, 1.82) is 0 Å². The van der Waals surface area contributed by atoms with Crippen LogP contribution < -0.4 is 4.74 Å². The van der Waals surface area contributed by atoms with Crippen molar-refractivity contribution in [2.75, 3.05) is 0 Å². The van der Waals surface area contributed by atoms with E-state index < -0.39 is 0 Å². The zero-order valence-corrected chi connectivity index (χ0v) is 9.36. The highest BCUT2D eigenvalue weighted by molar-refractivity contribution is 9.10. The summed E-state index contributed by atoms with van der Waals surface area (Å²) < 4.78 is 6.45. The standard InChI is InChI=1S/C10H9BrN2O2/c11-7-1-3-9(4-2-7)15-6-8-5-10(14)13-12-8/h1-5H,6H2,(H2,12,13,14). The molecule has 1 aromatic heterocycles. The van der Waals surface area contributed by atoms with Crippen LogP contribution in [0.1, 0.15) is 5.69 Å². The predicted molar refractivity (Wildman–Crippen MR) is 58.7 cm³/mol. The van der Waals surface area contributed by atoms with Crippen LogP contribution in [0.15, 0.2) is 34.8 Å². The van der Waals surface area contributed by atoms with E-state index in [-0.39, 0.29) is 5.88 Å². The quantitative estimate of drug-likeness (QED) is 0.899. The van der Waals surface area contributed by atoms with E-state index in [9.17, 15) is 0 Å². The molecule has 0 saturated heterocycles. The van der Waals surface area contributed by atoms with E-state index in [2.05, 4.69) is 26.1 Å². The Balaban J connectivity index is 1.96. The minimum atomic E-state index is 0.0457. The Hall–Kier alpha value is -1.49. The average Bonchev–Trinajstić information content (AvgIpc) is 2.64. The minimum Gasteiger partial charge on any atom is -0.494 e. The molecule has 15 heavy (non-hydrogen) atoms. The molecule has 0 fully saturated rings. The summed E-state index contributed by atoms with van der Waals surface area (Å²) >= 11 is 3.34. The molecule has 0 atom stereocenters. The van der Waals surface area contributed by atoms with Crippen molar-refractivity contribution >= 4 is 15.9 Å². The molecule has 0 amide bonds. The van der Waals surface area contributed by atoms with Gasteiger partial charge in [-0.25, -0.2) is 5.10 Å². The number of halogens is 1. The maximum absolute atomic E-state index is 9.01. The van der Waals surface area contributed by atoms with E-state index in [1.807, 2.05) is 24.3 Å². The van der Waals surface area contributed by atoms with E-state index >= 15 is 0 Å². The third-order valence-corrected chi connectivity index (χ3v) is 2.35. The van der Waals surface area contributed by atoms with Gasteiger partial charge >= 0.3 is 0 Å². The number of ether oxygens (including phenoxy) is 1. The van der Waals surface area contributed by atoms with Gasteiger partial charge in [0.2, 0.25) is 5.88 Å². The number of benzene rings is 1. The van der Waals surface area contributed by atoms with Crippen LogP contribution in [0.25, 0.3) is 0 Å². The van der Waals surface area contributed by atoms with Gasteiger partial charge in [-0.1, -0.05) is 15.9 Å². The van der Waals surface area contributed by atoms with E-state index in [0.29, 0.717) is 12.3 Å². The summed E-state index contributed by atoms with van der Waals surface area (Å²) in [5, 5.41) is 15.3. The fourth-order valence-electron chi connectivity index (χ4n) is 1.11. The van der Waals surface area contributed by atoms with Crippen LogP contribution in [0.5, 0.6) is 11.6 Å². The lowest BCUT2D eigenvalue weighted by Crippen LogP contribution is -1.95. The summed E-state index contributed by atoms with van der Waals surface area (Å²) in [5.41, 5.74) is 0.662. The van der Waals surface area contributed by atoms with E-state index in [4.69, 9.17) is 9.84 Å². The third kappa shape index (κ3) is 2.73. The van der Waals surface area contributed by atoms with Gasteiger partial charge in [-0.3, -0.25) is 0 Å². The fourth-order valence-corrected chi connectivity index (χ4v) is 1.38. The van der Waals surface area contributed by atoms with Gasteiger partial charge in [-0.15, -0.1) is 0 Å². The Morgan fingerprint density at radius 1 is 1.33 bits per heavy atom. The first-order valence-corrected chi connectivity index (χ1v) is 5.15. The van der Waals surface area contributed by atoms with E-state index in [0.717, 1.165) is 10.2 Å². The van der Waals surface area contributed by atoms with Crippen molar-refractivity contribution in [2.24, 2.45) is 0 Å². The number of aromatic amines is 1. The Morgan fingerprint density at radius 3 is 2.67 bits per heavy atom. The lowest BCUT2D eigenvalue weighted by Gasteiger charge is -2.03. The number of nitrogens with zero attached hydrogens (tertiary/aromatic N) is 1. The molecule has 2 aromatic rings. The van der Waals surface area contributed by atoms with Crippen molar-refractivity contribution in [3.05, 3.63) is 40.5 Å². The van der Waals surface area contributed by atoms with Crippen molar-refractivity contribution < 1.29 is 9.84 Å². The van der Waals surface area contributed by atoms with Crippen LogP contribution in [0.4, 0.5) is 0 Å². The van der Waals surface area contributed by atoms with Crippen molar-refractivity contribution in [1.82, 2.24) is 10.2 Å². The Bertz CT molecular complexity index is 439. The van der Waals surface area contributed by atoms with Crippen molar-refractivity contribution in [2.45, 2.75) is 6.61 Å². The normalized spacial score (nSPS) is 10.2. The highest BCUT2D eigenvalue weighted by Crippen LogP contribution is 2.17. The zero-order chi connectivity index (χ0) is 10.7. The lowest BCUT2D eigenvalue weighted by molar-refractivity contribution is 0.301. The summed E-state index contributed by atoms with van der Waals surface area (Å²) in [6.45, 7) is 0.332. The molecule has 0 aliphatic rings. The average molecular weight is 269 g/mol. The number of aromatic hydroxyl groups is 1. The molecule has 0 bridgehead atoms. The molecule has 1 aromatic carbocycles. The second kappa shape index (κ2) is 4.35. The number of H-pyrrole nitrogens is 1. The summed E-state index contributed by atoms with van der Waals surface area (Å²) in [4.78, 5) is 0. The van der Waals surface area contributed by atoms with Gasteiger partial charge in [0, 0.05) is 10.5 Å². The Kier molecular flexibility index (Phi) is 2.91. The molecule has 4 nitrogen and oxygen atoms in total. The monoisotopic (exact) mass is 268 g/mol. The molecule has 78 valence electrons. The smallest absolute Gasteiger partial charge is 0.206 e. The van der Waals surface area contributed by atoms with Gasteiger partial charge in [-0.2, -0.15) is 5.10 Å². The minimum absolute atomic E-state index is 0.0457. The van der Waals surface area contributed by atoms with Crippen LogP contribution in [0, 0.1) is 0 Å². The van der Waals surface area contributed by atoms with Crippen molar-refractivity contribution in [3.63, 3.8) is 0 Å². The number of aromatic nitrogens is 2. The van der Waals surface area contributed by atoms with E-state index in [1.54, 1.807) is 0 Å². The molecule has 0 radical (unpaired) electrons. The summed E-state index contributed by atoms with van der Waals surface area (Å²) in [5.74, 6) is 0.810. The van der Waals surface area contributed by atoms with Gasteiger partial charge in [0.1, 0.15) is 18.1 Å². The van der Waals surface area contributed by atoms with E-state index in [1.165, 1.54) is 6.07 Å². The van der Waals surface area contributed by atoms with Crippen molar-refractivity contribution in [3.8, 4) is 11.6 Å². The van der Waals surface area contributed by atoms with Crippen LogP contribution in [0.3, 0.4) is 0 Å². The molecular weight excluding hydrogens is 260 g/mol. The second-order valence-corrected chi connectivity index (χ2v) is 3.90. The predicted octanol–water partition coefficient (Wildman–Crippen LogP) is 2.46. The third-order valence-electron chi connectivity index (χ3n) is 1.82. The molecule has 0 spiro atoms. The van der Waals surface area contributed by atoms with Crippen LogP contribution in [0.2, 0.25) is 0 Å². The molecule has 2 rings (SSSR count). The molecular formula is C10H9BrN2O2. The summed E-state index contributed by atoms with van der Waals surface area (Å²) in [6.07, 6.45) is 0. The Labute approximate surface area is 95.0 Å². The first-order valence-electron chi connectivity index (χ1n) is 4.35. The number of hydrogen-bond acceptors (Lipinski definition) is 3. The summed E-state index contributed by atoms with van der Waals surface area (Å²) in [7, 11) is 0. The van der Waals surface area contributed by atoms with Crippen LogP contribution in [-0.4, -0.2) is 15.3 Å². The largest absolute Gasteiger partial charge is 0.494 e. The summed E-state index contributed by atoms with van der Waals surface area (Å²) in [6, 6.07) is 9.04. The van der Waals surface area contributed by atoms with Gasteiger partial charge < -0.3 is 9.84 Å². The Morgan fingerprint density at radius 2 is 2.07 bits per heavy atom. The van der Waals surface area contributed by atoms with Gasteiger partial charge in [0.25, 0.3) is 0 Å². The van der Waals surface area contributed by atoms with Gasteiger partial charge in [0.15, 0.2) is 0 Å². The zero-order valence-electron chi connectivity index (χ0n) is 7.77. The molecule has 5 heteroatoms. The molecule has 0 aliphatic heterocycles. The first-order chi connectivity index (χ1) is 7.24. The topological polar surface area (TPSA) is 58.1 Å². The highest BCUT2D eigenvalue weighted by Gasteiger charge is 2.00. The van der Waals surface area contributed by atoms with Gasteiger partial charge in [0.05, 0.1) is 0 Å². The van der Waals surface area contributed by atoms with Gasteiger partial charge in [-0.05, 0) is 24.3 Å². The maximum atomic E-state index is 9.01. The first kappa shape index (κ1) is 10.0. The van der Waals surface area contributed by atoms with Crippen LogP contribution >= 0.6 is 15.9 Å². The molecule has 1 heterocycles. The fraction of sp³-hybridized carbons (Fsp3) is 0.100. The lowest BCUT2D eigenvalue weighted by atomic mass is 10.3. The molecule has 0 saturated carbocycles. The number of hydrogen-bond donors (Lipinski definition) is 2. The maximum Gasteiger partial charge on any atom is 0.206 e. The molecule has 0 aliphatic carbocycles. The molecule has 0 unspecified atom stereocenters. The SMILES string of the molecule is Oc1cc(COc2ccc(Br)cc2)n[nH]1. The second-order valence-electron chi connectivity index (χ2n) is 2.99. The highest BCUT2D eigenvalue weighted by atomic mass is 79.9. The van der Waals surface area contributed by atoms with Crippen LogP contribution in [-0.2, 0) is 6.61 Å². The number of nitrogens with one attached hydrogen (secondary N) is 1. The molecule has 2 N–H and O–H groups in total. The number of rotatable bonds is 3.